The minimum atomic E-state index is -2.44. The standard InChI is InChI=1S/C21H16N2O4/c24-19-16-11-6-10-15-14-9-4-5-12-17(14)22(18(15)16)20(25)21(19,23(26)27)13-7-2-1-3-8-13/h1-3,6-8,10-11H,4-5,9,12H2. The molecule has 0 N–H and O–H groups in total. The largest absolute Gasteiger partial charge is 0.385 e. The number of carbonyl (C=O) groups is 2. The minimum Gasteiger partial charge on any atom is -0.285 e. The summed E-state index contributed by atoms with van der Waals surface area (Å²) in [4.78, 5) is 38.6. The average molecular weight is 360 g/mol. The van der Waals surface area contributed by atoms with E-state index in [1.54, 1.807) is 30.3 Å². The molecule has 1 aliphatic carbocycles. The fourth-order valence-corrected chi connectivity index (χ4v) is 4.65. The number of fused-ring (bicyclic) bond motifs is 3. The molecule has 1 aromatic heterocycles. The van der Waals surface area contributed by atoms with Gasteiger partial charge in [-0.3, -0.25) is 24.3 Å². The predicted molar refractivity (Wildman–Crippen MR) is 98.7 cm³/mol. The van der Waals surface area contributed by atoms with E-state index in [1.807, 2.05) is 6.07 Å². The lowest BCUT2D eigenvalue weighted by Gasteiger charge is -2.29. The number of rotatable bonds is 2. The Bertz CT molecular complexity index is 1150. The van der Waals surface area contributed by atoms with Gasteiger partial charge in [0.2, 0.25) is 0 Å². The molecule has 0 saturated heterocycles. The molecular weight excluding hydrogens is 344 g/mol. The van der Waals surface area contributed by atoms with Gasteiger partial charge in [-0.2, -0.15) is 0 Å². The molecule has 0 amide bonds. The van der Waals surface area contributed by atoms with Crippen molar-refractivity contribution in [1.29, 1.82) is 0 Å². The molecule has 0 saturated carbocycles. The van der Waals surface area contributed by atoms with Gasteiger partial charge in [0, 0.05) is 21.6 Å². The Morgan fingerprint density at radius 1 is 0.963 bits per heavy atom. The number of para-hydroxylation sites is 1. The first-order valence-corrected chi connectivity index (χ1v) is 9.03. The van der Waals surface area contributed by atoms with Crippen molar-refractivity contribution in [3.8, 4) is 0 Å². The van der Waals surface area contributed by atoms with Gasteiger partial charge in [-0.15, -0.1) is 0 Å². The monoisotopic (exact) mass is 360 g/mol. The molecule has 0 radical (unpaired) electrons. The SMILES string of the molecule is O=C1c2cccc3c4c(n(c23)C(=O)C1(c1ccccc1)[N+](=O)[O-])CCCC4. The summed E-state index contributed by atoms with van der Waals surface area (Å²) in [6.45, 7) is 0. The van der Waals surface area contributed by atoms with Crippen molar-refractivity contribution in [2.45, 2.75) is 31.2 Å². The van der Waals surface area contributed by atoms with Gasteiger partial charge in [0.25, 0.3) is 5.78 Å². The van der Waals surface area contributed by atoms with Crippen LogP contribution in [-0.2, 0) is 18.4 Å². The maximum Gasteiger partial charge on any atom is 0.385 e. The molecule has 2 heterocycles. The van der Waals surface area contributed by atoms with Gasteiger partial charge in [-0.05, 0) is 37.3 Å². The number of nitrogens with zero attached hydrogens (tertiary/aromatic N) is 2. The van der Waals surface area contributed by atoms with E-state index in [9.17, 15) is 19.7 Å². The van der Waals surface area contributed by atoms with Gasteiger partial charge in [-0.1, -0.05) is 42.5 Å². The molecule has 6 heteroatoms. The van der Waals surface area contributed by atoms with Crippen molar-refractivity contribution in [1.82, 2.24) is 4.57 Å². The topological polar surface area (TPSA) is 82.2 Å². The van der Waals surface area contributed by atoms with Crippen LogP contribution in [0.1, 0.15) is 44.8 Å². The van der Waals surface area contributed by atoms with Gasteiger partial charge in [-0.25, -0.2) is 0 Å². The first kappa shape index (κ1) is 15.9. The van der Waals surface area contributed by atoms with E-state index < -0.39 is 22.2 Å². The van der Waals surface area contributed by atoms with Gasteiger partial charge < -0.3 is 0 Å². The predicted octanol–water partition coefficient (Wildman–Crippen LogP) is 3.53. The minimum absolute atomic E-state index is 0.103. The molecule has 5 rings (SSSR count). The quantitative estimate of drug-likeness (QED) is 0.398. The van der Waals surface area contributed by atoms with E-state index in [0.717, 1.165) is 35.9 Å². The second-order valence-corrected chi connectivity index (χ2v) is 7.14. The highest BCUT2D eigenvalue weighted by molar-refractivity contribution is 6.27. The van der Waals surface area contributed by atoms with Crippen molar-refractivity contribution < 1.29 is 14.5 Å². The molecule has 1 aliphatic heterocycles. The van der Waals surface area contributed by atoms with Crippen LogP contribution in [0.5, 0.6) is 0 Å². The van der Waals surface area contributed by atoms with Gasteiger partial charge in [0.05, 0.1) is 11.1 Å². The smallest absolute Gasteiger partial charge is 0.285 e. The van der Waals surface area contributed by atoms with Crippen LogP contribution in [0.2, 0.25) is 0 Å². The molecule has 1 unspecified atom stereocenters. The highest BCUT2D eigenvalue weighted by Crippen LogP contribution is 2.43. The van der Waals surface area contributed by atoms with Crippen LogP contribution < -0.4 is 0 Å². The van der Waals surface area contributed by atoms with Gasteiger partial charge >= 0.3 is 11.4 Å². The van der Waals surface area contributed by atoms with Crippen LogP contribution in [-0.4, -0.2) is 21.2 Å². The van der Waals surface area contributed by atoms with Crippen LogP contribution in [0.15, 0.2) is 48.5 Å². The second-order valence-electron chi connectivity index (χ2n) is 7.14. The zero-order chi connectivity index (χ0) is 18.8. The summed E-state index contributed by atoms with van der Waals surface area (Å²) >= 11 is 0. The van der Waals surface area contributed by atoms with E-state index in [2.05, 4.69) is 0 Å². The van der Waals surface area contributed by atoms with Crippen molar-refractivity contribution in [3.63, 3.8) is 0 Å². The van der Waals surface area contributed by atoms with Gasteiger partial charge in [0.15, 0.2) is 0 Å². The third kappa shape index (κ3) is 1.79. The summed E-state index contributed by atoms with van der Waals surface area (Å²) in [5, 5.41) is 13.1. The lowest BCUT2D eigenvalue weighted by molar-refractivity contribution is -0.539. The molecule has 0 spiro atoms. The molecule has 6 nitrogen and oxygen atoms in total. The van der Waals surface area contributed by atoms with Crippen LogP contribution in [0.4, 0.5) is 0 Å². The fourth-order valence-electron chi connectivity index (χ4n) is 4.65. The van der Waals surface area contributed by atoms with Crippen molar-refractivity contribution in [2.75, 3.05) is 0 Å². The summed E-state index contributed by atoms with van der Waals surface area (Å²) in [6, 6.07) is 13.2. The second kappa shape index (κ2) is 5.36. The van der Waals surface area contributed by atoms with E-state index in [-0.39, 0.29) is 11.1 Å². The number of Topliss-reactive ketones (excluding diaryl/α,β-unsaturated/α-hetero) is 1. The van der Waals surface area contributed by atoms with Crippen molar-refractivity contribution >= 4 is 22.6 Å². The van der Waals surface area contributed by atoms with E-state index in [0.29, 0.717) is 11.9 Å². The number of aromatic nitrogens is 1. The maximum absolute atomic E-state index is 13.6. The number of hydrogen-bond donors (Lipinski definition) is 0. The third-order valence-corrected chi connectivity index (χ3v) is 5.84. The number of benzene rings is 2. The van der Waals surface area contributed by atoms with Crippen molar-refractivity contribution in [2.24, 2.45) is 0 Å². The molecular formula is C21H16N2O4. The van der Waals surface area contributed by atoms with Crippen LogP contribution in [0, 0.1) is 10.1 Å². The van der Waals surface area contributed by atoms with Crippen LogP contribution >= 0.6 is 0 Å². The zero-order valence-electron chi connectivity index (χ0n) is 14.5. The molecule has 3 aromatic rings. The normalized spacial score (nSPS) is 21.3. The summed E-state index contributed by atoms with van der Waals surface area (Å²) in [5.74, 6) is -1.52. The molecule has 134 valence electrons. The highest BCUT2D eigenvalue weighted by Gasteiger charge is 2.64. The Labute approximate surface area is 154 Å². The molecule has 27 heavy (non-hydrogen) atoms. The summed E-state index contributed by atoms with van der Waals surface area (Å²) in [7, 11) is 0. The Morgan fingerprint density at radius 3 is 2.44 bits per heavy atom. The first-order valence-electron chi connectivity index (χ1n) is 9.03. The van der Waals surface area contributed by atoms with E-state index in [4.69, 9.17) is 0 Å². The number of carbonyl (C=O) groups excluding carboxylic acids is 2. The number of aryl methyl sites for hydroxylation is 1. The molecule has 1 atom stereocenters. The number of nitro groups is 1. The molecule has 0 fully saturated rings. The Morgan fingerprint density at radius 2 is 1.70 bits per heavy atom. The van der Waals surface area contributed by atoms with Crippen molar-refractivity contribution in [3.05, 3.63) is 81.0 Å². The van der Waals surface area contributed by atoms with Crippen LogP contribution in [0.25, 0.3) is 10.9 Å². The van der Waals surface area contributed by atoms with Crippen LogP contribution in [0.3, 0.4) is 0 Å². The molecule has 2 aliphatic rings. The lowest BCUT2D eigenvalue weighted by Crippen LogP contribution is -2.55. The zero-order valence-corrected chi connectivity index (χ0v) is 14.5. The fraction of sp³-hybridized carbons (Fsp3) is 0.238. The third-order valence-electron chi connectivity index (χ3n) is 5.84. The number of ketones is 1. The Kier molecular flexibility index (Phi) is 3.16. The highest BCUT2D eigenvalue weighted by atomic mass is 16.6. The molecule has 2 aromatic carbocycles. The summed E-state index contributed by atoms with van der Waals surface area (Å²) in [5.41, 5.74) is 0.322. The summed E-state index contributed by atoms with van der Waals surface area (Å²) < 4.78 is 1.47. The summed E-state index contributed by atoms with van der Waals surface area (Å²) in [6.07, 6.45) is 3.45. The first-order chi connectivity index (χ1) is 13.1. The average Bonchev–Trinajstić information content (AvgIpc) is 3.03. The maximum atomic E-state index is 13.6. The Balaban J connectivity index is 1.93. The number of hydrogen-bond acceptors (Lipinski definition) is 4. The molecule has 0 bridgehead atoms. The van der Waals surface area contributed by atoms with E-state index >= 15 is 0 Å². The van der Waals surface area contributed by atoms with E-state index in [1.165, 1.54) is 16.7 Å². The van der Waals surface area contributed by atoms with Gasteiger partial charge in [0.1, 0.15) is 0 Å². The lowest BCUT2D eigenvalue weighted by atomic mass is 9.79. The Hall–Kier alpha value is -3.28.